The van der Waals surface area contributed by atoms with Crippen LogP contribution in [0.5, 0.6) is 5.75 Å². The van der Waals surface area contributed by atoms with E-state index >= 15 is 0 Å². The van der Waals surface area contributed by atoms with Crippen LogP contribution in [0, 0.1) is 11.3 Å². The number of nitrogen functional groups attached to an aromatic ring is 1. The van der Waals surface area contributed by atoms with Crippen molar-refractivity contribution < 1.29 is 64.9 Å². The largest absolute Gasteiger partial charge is 0.490 e. The lowest BCUT2D eigenvalue weighted by atomic mass is 10.1. The van der Waals surface area contributed by atoms with E-state index in [-0.39, 0.29) is 23.4 Å². The van der Waals surface area contributed by atoms with E-state index in [4.69, 9.17) is 40.1 Å². The summed E-state index contributed by atoms with van der Waals surface area (Å²) >= 11 is 0. The molecule has 12 nitrogen and oxygen atoms in total. The minimum atomic E-state index is -5.08. The molecule has 1 aromatic carbocycles. The summed E-state index contributed by atoms with van der Waals surface area (Å²) in [5.74, 6) is -5.64. The van der Waals surface area contributed by atoms with Gasteiger partial charge in [-0.25, -0.2) is 14.4 Å². The predicted molar refractivity (Wildman–Crippen MR) is 133 cm³/mol. The van der Waals surface area contributed by atoms with E-state index in [9.17, 15) is 35.9 Å². The normalized spacial score (nSPS) is 11.7. The van der Waals surface area contributed by atoms with Gasteiger partial charge in [0.25, 0.3) is 0 Å². The minimum Gasteiger partial charge on any atom is -0.475 e. The molecule has 1 amide bonds. The minimum absolute atomic E-state index is 0.0610. The average molecular weight is 614 g/mol. The molecular weight excluding hydrogens is 586 g/mol. The van der Waals surface area contributed by atoms with Crippen molar-refractivity contribution in [1.82, 2.24) is 10.2 Å². The quantitative estimate of drug-likeness (QED) is 0.0921. The fraction of sp³-hybridized carbons (Fsp3) is 0.375. The van der Waals surface area contributed by atoms with Gasteiger partial charge < -0.3 is 35.3 Å². The molecule has 2 aromatic rings. The molecule has 2 rings (SSSR count). The predicted octanol–water partition coefficient (Wildman–Crippen LogP) is 2.91. The zero-order chi connectivity index (χ0) is 32.8. The van der Waals surface area contributed by atoms with Crippen LogP contribution in [0.4, 0.5) is 26.3 Å². The molecule has 0 aliphatic rings. The summed E-state index contributed by atoms with van der Waals surface area (Å²) in [5, 5.41) is 24.5. The number of carbonyl (C=O) groups is 4. The van der Waals surface area contributed by atoms with Crippen LogP contribution in [-0.4, -0.2) is 84.3 Å². The van der Waals surface area contributed by atoms with E-state index < -0.39 is 30.3 Å². The first-order valence-corrected chi connectivity index (χ1v) is 11.4. The Bertz CT molecular complexity index is 1190. The molecule has 42 heavy (non-hydrogen) atoms. The number of carbonyl (C=O) groups excluding carboxylic acids is 2. The van der Waals surface area contributed by atoms with Crippen LogP contribution >= 0.6 is 0 Å². The van der Waals surface area contributed by atoms with Crippen molar-refractivity contribution in [2.24, 2.45) is 11.7 Å². The Hall–Kier alpha value is -4.61. The van der Waals surface area contributed by atoms with E-state index in [2.05, 4.69) is 5.32 Å². The number of amides is 1. The summed E-state index contributed by atoms with van der Waals surface area (Å²) in [7, 11) is 3.88. The smallest absolute Gasteiger partial charge is 0.475 e. The van der Waals surface area contributed by atoms with Gasteiger partial charge >= 0.3 is 30.3 Å². The molecule has 0 aliphatic carbocycles. The highest BCUT2D eigenvalue weighted by molar-refractivity contribution is 5.95. The van der Waals surface area contributed by atoms with Gasteiger partial charge in [0.1, 0.15) is 17.3 Å². The molecule has 1 aromatic heterocycles. The van der Waals surface area contributed by atoms with E-state index in [1.807, 2.05) is 25.9 Å². The Labute approximate surface area is 234 Å². The molecule has 0 saturated heterocycles. The second-order valence-electron chi connectivity index (χ2n) is 8.40. The lowest BCUT2D eigenvalue weighted by molar-refractivity contribution is -0.193. The first kappa shape index (κ1) is 37.4. The van der Waals surface area contributed by atoms with Gasteiger partial charge in [-0.3, -0.25) is 10.2 Å². The Kier molecular flexibility index (Phi) is 14.8. The van der Waals surface area contributed by atoms with Gasteiger partial charge in [0, 0.05) is 31.0 Å². The average Bonchev–Trinajstić information content (AvgIpc) is 3.32. The Morgan fingerprint density at radius 3 is 1.86 bits per heavy atom. The second kappa shape index (κ2) is 16.6. The molecule has 0 saturated carbocycles. The number of aliphatic carboxylic acids is 2. The van der Waals surface area contributed by atoms with Crippen molar-refractivity contribution in [2.75, 3.05) is 27.2 Å². The number of alkyl halides is 6. The number of carboxylic acids is 2. The highest BCUT2D eigenvalue weighted by Crippen LogP contribution is 2.18. The van der Waals surface area contributed by atoms with E-state index in [0.717, 1.165) is 6.54 Å². The Morgan fingerprint density at radius 2 is 1.45 bits per heavy atom. The maximum atomic E-state index is 12.2. The van der Waals surface area contributed by atoms with Gasteiger partial charge in [-0.2, -0.15) is 26.3 Å². The fourth-order valence-electron chi connectivity index (χ4n) is 2.43. The van der Waals surface area contributed by atoms with Crippen LogP contribution < -0.4 is 15.8 Å². The van der Waals surface area contributed by atoms with Gasteiger partial charge in [0.05, 0.1) is 0 Å². The molecule has 0 aliphatic heterocycles. The highest BCUT2D eigenvalue weighted by atomic mass is 19.4. The number of halogens is 6. The lowest BCUT2D eigenvalue weighted by Gasteiger charge is -2.13. The van der Waals surface area contributed by atoms with Crippen molar-refractivity contribution in [2.45, 2.75) is 25.7 Å². The number of furan rings is 1. The third-order valence-corrected chi connectivity index (χ3v) is 4.54. The first-order chi connectivity index (χ1) is 19.1. The second-order valence-corrected chi connectivity index (χ2v) is 8.40. The number of carboxylic acid groups (broad SMARTS) is 2. The number of amidine groups is 1. The van der Waals surface area contributed by atoms with E-state index in [1.165, 1.54) is 6.07 Å². The van der Waals surface area contributed by atoms with Crippen LogP contribution in [0.2, 0.25) is 0 Å². The standard InChI is InChI=1S/C20H26N4O4.2C2HF3O2/c1-13(19(25)23-10-11-24(2)3)12-16-8-9-17(27-16)20(26)28-15-6-4-14(5-7-15)18(21)22;2*3-2(4,5)1(6)7/h4-9,13H,10-12H2,1-3H3,(H3,21,22)(H,23,25);2*(H,6,7). The number of hydrogen-bond donors (Lipinski definition) is 5. The molecular formula is C24H28F6N4O8. The molecule has 234 valence electrons. The topological polar surface area (TPSA) is 196 Å². The van der Waals surface area contributed by atoms with Crippen LogP contribution in [0.25, 0.3) is 0 Å². The number of benzene rings is 1. The molecule has 0 fully saturated rings. The lowest BCUT2D eigenvalue weighted by Crippen LogP contribution is -2.35. The number of nitrogens with two attached hydrogens (primary N) is 1. The molecule has 6 N–H and O–H groups in total. The zero-order valence-corrected chi connectivity index (χ0v) is 22.3. The molecule has 1 heterocycles. The summed E-state index contributed by atoms with van der Waals surface area (Å²) in [6.07, 6.45) is -9.78. The van der Waals surface area contributed by atoms with E-state index in [0.29, 0.717) is 30.0 Å². The monoisotopic (exact) mass is 614 g/mol. The van der Waals surface area contributed by atoms with Crippen LogP contribution in [-0.2, 0) is 20.8 Å². The summed E-state index contributed by atoms with van der Waals surface area (Å²) in [6.45, 7) is 3.15. The number of nitrogens with zero attached hydrogens (tertiary/aromatic N) is 1. The molecule has 1 atom stereocenters. The van der Waals surface area contributed by atoms with Crippen LogP contribution in [0.15, 0.2) is 40.8 Å². The van der Waals surface area contributed by atoms with Crippen LogP contribution in [0.1, 0.15) is 28.8 Å². The number of nitrogens with one attached hydrogen (secondary N) is 2. The molecule has 0 bridgehead atoms. The summed E-state index contributed by atoms with van der Waals surface area (Å²) in [6, 6.07) is 9.48. The Balaban J connectivity index is 0.000000990. The number of likely N-dealkylation sites (N-methyl/N-ethyl adjacent to an activating group) is 1. The van der Waals surface area contributed by atoms with Crippen molar-refractivity contribution in [3.63, 3.8) is 0 Å². The van der Waals surface area contributed by atoms with Gasteiger partial charge in [0.15, 0.2) is 0 Å². The van der Waals surface area contributed by atoms with Crippen molar-refractivity contribution in [3.8, 4) is 5.75 Å². The molecule has 18 heteroatoms. The number of hydrogen-bond acceptors (Lipinski definition) is 8. The molecule has 0 radical (unpaired) electrons. The number of esters is 1. The van der Waals surface area contributed by atoms with Gasteiger partial charge in [-0.15, -0.1) is 0 Å². The zero-order valence-electron chi connectivity index (χ0n) is 22.3. The SMILES string of the molecule is CC(Cc1ccc(C(=O)Oc2ccc(C(=N)N)cc2)o1)C(=O)NCCN(C)C.O=C(O)C(F)(F)F.O=C(O)C(F)(F)F. The fourth-order valence-corrected chi connectivity index (χ4v) is 2.43. The third kappa shape index (κ3) is 15.2. The number of rotatable bonds is 9. The van der Waals surface area contributed by atoms with E-state index in [1.54, 1.807) is 30.3 Å². The van der Waals surface area contributed by atoms with Crippen molar-refractivity contribution in [1.29, 1.82) is 5.41 Å². The summed E-state index contributed by atoms with van der Waals surface area (Å²) < 4.78 is 74.2. The maximum Gasteiger partial charge on any atom is 0.490 e. The van der Waals surface area contributed by atoms with Crippen molar-refractivity contribution in [3.05, 3.63) is 53.5 Å². The molecule has 0 spiro atoms. The van der Waals surface area contributed by atoms with Gasteiger partial charge in [-0.05, 0) is 50.5 Å². The first-order valence-electron chi connectivity index (χ1n) is 11.4. The Morgan fingerprint density at radius 1 is 0.976 bits per heavy atom. The van der Waals surface area contributed by atoms with Gasteiger partial charge in [0.2, 0.25) is 11.7 Å². The summed E-state index contributed by atoms with van der Waals surface area (Å²) in [4.78, 5) is 44.1. The highest BCUT2D eigenvalue weighted by Gasteiger charge is 2.38. The van der Waals surface area contributed by atoms with Crippen LogP contribution in [0.3, 0.4) is 0 Å². The van der Waals surface area contributed by atoms with Crippen molar-refractivity contribution >= 4 is 29.7 Å². The maximum absolute atomic E-state index is 12.2. The molecule has 1 unspecified atom stereocenters. The summed E-state index contributed by atoms with van der Waals surface area (Å²) in [5.41, 5.74) is 5.93. The van der Waals surface area contributed by atoms with Gasteiger partial charge in [-0.1, -0.05) is 6.92 Å². The number of ether oxygens (including phenoxy) is 1. The third-order valence-electron chi connectivity index (χ3n) is 4.54.